The molecule has 2 nitrogen and oxygen atoms in total. The smallest absolute Gasteiger partial charge is 0.0196 e. The fourth-order valence-electron chi connectivity index (χ4n) is 2.69. The number of nitrogens with one attached hydrogen (secondary N) is 1. The monoisotopic (exact) mass is 182 g/mol. The molecule has 13 heavy (non-hydrogen) atoms. The zero-order valence-corrected chi connectivity index (χ0v) is 9.09. The first kappa shape index (κ1) is 9.47. The van der Waals surface area contributed by atoms with Gasteiger partial charge in [0.2, 0.25) is 0 Å². The summed E-state index contributed by atoms with van der Waals surface area (Å²) in [5.74, 6) is 0.974. The van der Waals surface area contributed by atoms with Gasteiger partial charge in [0, 0.05) is 31.2 Å². The Morgan fingerprint density at radius 1 is 1.15 bits per heavy atom. The van der Waals surface area contributed by atoms with Crippen molar-refractivity contribution in [3.8, 4) is 0 Å². The summed E-state index contributed by atoms with van der Waals surface area (Å²) < 4.78 is 0. The number of hydrogen-bond donors (Lipinski definition) is 1. The van der Waals surface area contributed by atoms with Gasteiger partial charge in [-0.15, -0.1) is 0 Å². The fraction of sp³-hybridized carbons (Fsp3) is 1.00. The minimum absolute atomic E-state index is 0.687. The van der Waals surface area contributed by atoms with Crippen LogP contribution in [0, 0.1) is 5.92 Å². The topological polar surface area (TPSA) is 15.3 Å². The van der Waals surface area contributed by atoms with E-state index < -0.39 is 0 Å². The van der Waals surface area contributed by atoms with Crippen LogP contribution < -0.4 is 5.32 Å². The summed E-state index contributed by atoms with van der Waals surface area (Å²) in [5, 5.41) is 3.53. The van der Waals surface area contributed by atoms with Crippen LogP contribution in [0.2, 0.25) is 0 Å². The van der Waals surface area contributed by atoms with Gasteiger partial charge in [-0.1, -0.05) is 6.92 Å². The van der Waals surface area contributed by atoms with Crippen molar-refractivity contribution in [1.29, 1.82) is 0 Å². The molecule has 0 radical (unpaired) electrons. The maximum Gasteiger partial charge on any atom is 0.0196 e. The number of rotatable bonds is 1. The van der Waals surface area contributed by atoms with Crippen LogP contribution in [0.5, 0.6) is 0 Å². The first-order valence-electron chi connectivity index (χ1n) is 5.66. The van der Waals surface area contributed by atoms with E-state index >= 15 is 0 Å². The molecule has 1 saturated carbocycles. The summed E-state index contributed by atoms with van der Waals surface area (Å²) in [6.07, 6.45) is 2.86. The Morgan fingerprint density at radius 3 is 2.46 bits per heavy atom. The minimum atomic E-state index is 0.687. The maximum atomic E-state index is 3.53. The second kappa shape index (κ2) is 3.58. The van der Waals surface area contributed by atoms with Crippen LogP contribution in [0.15, 0.2) is 0 Å². The normalized spacial score (nSPS) is 47.3. The Hall–Kier alpha value is -0.0800. The van der Waals surface area contributed by atoms with Gasteiger partial charge in [-0.25, -0.2) is 0 Å². The van der Waals surface area contributed by atoms with Crippen molar-refractivity contribution in [2.24, 2.45) is 5.92 Å². The van der Waals surface area contributed by atoms with Gasteiger partial charge in [0.25, 0.3) is 0 Å². The second-order valence-corrected chi connectivity index (χ2v) is 5.09. The maximum absolute atomic E-state index is 3.53. The van der Waals surface area contributed by atoms with E-state index in [0.717, 1.165) is 18.0 Å². The molecule has 2 heteroatoms. The van der Waals surface area contributed by atoms with Crippen molar-refractivity contribution in [1.82, 2.24) is 10.2 Å². The minimum Gasteiger partial charge on any atom is -0.311 e. The molecule has 2 atom stereocenters. The van der Waals surface area contributed by atoms with Crippen molar-refractivity contribution >= 4 is 0 Å². The highest BCUT2D eigenvalue weighted by Gasteiger charge is 2.35. The highest BCUT2D eigenvalue weighted by molar-refractivity contribution is 4.92. The Balaban J connectivity index is 1.89. The van der Waals surface area contributed by atoms with E-state index in [2.05, 4.69) is 31.0 Å². The molecule has 1 aliphatic carbocycles. The van der Waals surface area contributed by atoms with Crippen molar-refractivity contribution in [3.63, 3.8) is 0 Å². The molecule has 1 heterocycles. The quantitative estimate of drug-likeness (QED) is 0.660. The average molecular weight is 182 g/mol. The van der Waals surface area contributed by atoms with Gasteiger partial charge < -0.3 is 5.32 Å². The summed E-state index contributed by atoms with van der Waals surface area (Å²) >= 11 is 0. The fourth-order valence-corrected chi connectivity index (χ4v) is 2.69. The van der Waals surface area contributed by atoms with Crippen LogP contribution >= 0.6 is 0 Å². The van der Waals surface area contributed by atoms with Crippen molar-refractivity contribution in [3.05, 3.63) is 0 Å². The lowest BCUT2D eigenvalue weighted by Gasteiger charge is -2.48. The molecule has 2 aliphatic rings. The van der Waals surface area contributed by atoms with E-state index in [-0.39, 0.29) is 0 Å². The molecule has 0 bridgehead atoms. The molecule has 76 valence electrons. The predicted octanol–water partition coefficient (Wildman–Crippen LogP) is 1.47. The summed E-state index contributed by atoms with van der Waals surface area (Å²) in [4.78, 5) is 2.71. The summed E-state index contributed by atoms with van der Waals surface area (Å²) in [6.45, 7) is 9.43. The van der Waals surface area contributed by atoms with Gasteiger partial charge in [-0.3, -0.25) is 4.90 Å². The van der Waals surface area contributed by atoms with Crippen LogP contribution in [0.3, 0.4) is 0 Å². The standard InChI is InChI=1S/C11H22N2/c1-8-4-11(5-8)13-7-9(2)12-6-10(13)3/h8-12H,4-7H2,1-3H3. The van der Waals surface area contributed by atoms with Crippen LogP contribution in [0.25, 0.3) is 0 Å². The van der Waals surface area contributed by atoms with E-state index in [1.165, 1.54) is 25.9 Å². The zero-order valence-electron chi connectivity index (χ0n) is 9.09. The highest BCUT2D eigenvalue weighted by atomic mass is 15.3. The lowest BCUT2D eigenvalue weighted by atomic mass is 9.80. The first-order valence-corrected chi connectivity index (χ1v) is 5.66. The lowest BCUT2D eigenvalue weighted by Crippen LogP contribution is -2.60. The van der Waals surface area contributed by atoms with Crippen LogP contribution in [0.4, 0.5) is 0 Å². The van der Waals surface area contributed by atoms with Crippen molar-refractivity contribution in [2.75, 3.05) is 13.1 Å². The molecule has 1 aliphatic heterocycles. The van der Waals surface area contributed by atoms with Crippen molar-refractivity contribution in [2.45, 2.75) is 51.7 Å². The van der Waals surface area contributed by atoms with Gasteiger partial charge in [0.15, 0.2) is 0 Å². The third-order valence-electron chi connectivity index (χ3n) is 3.63. The average Bonchev–Trinajstić information content (AvgIpc) is 2.04. The molecule has 0 aromatic carbocycles. The predicted molar refractivity (Wildman–Crippen MR) is 55.8 cm³/mol. The Labute approximate surface area is 81.7 Å². The Bertz CT molecular complexity index is 175. The van der Waals surface area contributed by atoms with Gasteiger partial charge in [-0.05, 0) is 32.6 Å². The second-order valence-electron chi connectivity index (χ2n) is 5.09. The molecule has 1 N–H and O–H groups in total. The largest absolute Gasteiger partial charge is 0.311 e. The van der Waals surface area contributed by atoms with E-state index in [1.807, 2.05) is 0 Å². The van der Waals surface area contributed by atoms with Gasteiger partial charge in [0.1, 0.15) is 0 Å². The molecule has 0 aromatic heterocycles. The summed E-state index contributed by atoms with van der Waals surface area (Å²) in [6, 6.07) is 2.33. The van der Waals surface area contributed by atoms with E-state index in [0.29, 0.717) is 6.04 Å². The van der Waals surface area contributed by atoms with Crippen LogP contribution in [-0.4, -0.2) is 36.1 Å². The van der Waals surface area contributed by atoms with Crippen molar-refractivity contribution < 1.29 is 0 Å². The molecule has 2 rings (SSSR count). The molecule has 0 spiro atoms. The van der Waals surface area contributed by atoms with Gasteiger partial charge in [-0.2, -0.15) is 0 Å². The first-order chi connectivity index (χ1) is 6.16. The third-order valence-corrected chi connectivity index (χ3v) is 3.63. The Morgan fingerprint density at radius 2 is 1.85 bits per heavy atom. The molecule has 2 unspecified atom stereocenters. The van der Waals surface area contributed by atoms with E-state index in [4.69, 9.17) is 0 Å². The molecular formula is C11H22N2. The molecule has 2 fully saturated rings. The molecule has 0 amide bonds. The SMILES string of the molecule is CC1CC(N2CC(C)NCC2C)C1. The van der Waals surface area contributed by atoms with E-state index in [9.17, 15) is 0 Å². The lowest BCUT2D eigenvalue weighted by molar-refractivity contribution is 0.0274. The van der Waals surface area contributed by atoms with Crippen LogP contribution in [0.1, 0.15) is 33.6 Å². The third kappa shape index (κ3) is 1.89. The number of piperazine rings is 1. The summed E-state index contributed by atoms with van der Waals surface area (Å²) in [7, 11) is 0. The highest BCUT2D eigenvalue weighted by Crippen LogP contribution is 2.32. The van der Waals surface area contributed by atoms with Gasteiger partial charge in [0.05, 0.1) is 0 Å². The van der Waals surface area contributed by atoms with Crippen LogP contribution in [-0.2, 0) is 0 Å². The van der Waals surface area contributed by atoms with Gasteiger partial charge >= 0.3 is 0 Å². The van der Waals surface area contributed by atoms with E-state index in [1.54, 1.807) is 0 Å². The zero-order chi connectivity index (χ0) is 9.42. The Kier molecular flexibility index (Phi) is 2.61. The number of hydrogen-bond acceptors (Lipinski definition) is 2. The molecule has 1 saturated heterocycles. The molecule has 0 aromatic rings. The molecular weight excluding hydrogens is 160 g/mol. The number of nitrogens with zero attached hydrogens (tertiary/aromatic N) is 1. The summed E-state index contributed by atoms with van der Waals surface area (Å²) in [5.41, 5.74) is 0.